The minimum Gasteiger partial charge on any atom is -0.478 e. The summed E-state index contributed by atoms with van der Waals surface area (Å²) in [5.41, 5.74) is -0.0455. The SMILES string of the molecule is CC(C)(Oc1ccc(Cl)cc1)C(=O)NCc1nn(Cc2ccccn2)c(=O)c2ccccc12. The van der Waals surface area contributed by atoms with Gasteiger partial charge in [-0.05, 0) is 56.3 Å². The number of aromatic nitrogens is 3. The minimum absolute atomic E-state index is 0.134. The molecule has 0 bridgehead atoms. The monoisotopic (exact) mass is 462 g/mol. The van der Waals surface area contributed by atoms with Gasteiger partial charge in [0.15, 0.2) is 5.60 Å². The molecule has 0 fully saturated rings. The number of rotatable bonds is 7. The molecule has 2 aromatic carbocycles. The largest absolute Gasteiger partial charge is 0.478 e. The van der Waals surface area contributed by atoms with Crippen LogP contribution >= 0.6 is 11.6 Å². The molecule has 33 heavy (non-hydrogen) atoms. The van der Waals surface area contributed by atoms with Crippen molar-refractivity contribution in [2.24, 2.45) is 0 Å². The van der Waals surface area contributed by atoms with Crippen LogP contribution < -0.4 is 15.6 Å². The molecule has 0 aliphatic carbocycles. The summed E-state index contributed by atoms with van der Waals surface area (Å²) < 4.78 is 7.24. The fraction of sp³-hybridized carbons (Fsp3) is 0.200. The third-order valence-corrected chi connectivity index (χ3v) is 5.38. The molecule has 4 rings (SSSR count). The first-order chi connectivity index (χ1) is 15.8. The Labute approximate surface area is 196 Å². The van der Waals surface area contributed by atoms with Gasteiger partial charge in [0.05, 0.1) is 29.9 Å². The zero-order chi connectivity index (χ0) is 23.4. The third kappa shape index (κ3) is 5.21. The Bertz CT molecular complexity index is 1340. The minimum atomic E-state index is -1.13. The Morgan fingerprint density at radius 3 is 2.42 bits per heavy atom. The lowest BCUT2D eigenvalue weighted by atomic mass is 10.1. The normalized spacial score (nSPS) is 11.4. The van der Waals surface area contributed by atoms with Gasteiger partial charge in [-0.2, -0.15) is 5.10 Å². The van der Waals surface area contributed by atoms with Gasteiger partial charge < -0.3 is 10.1 Å². The van der Waals surface area contributed by atoms with E-state index in [0.29, 0.717) is 27.2 Å². The quantitative estimate of drug-likeness (QED) is 0.449. The smallest absolute Gasteiger partial charge is 0.275 e. The Kier molecular flexibility index (Phi) is 6.42. The number of benzene rings is 2. The van der Waals surface area contributed by atoms with Crippen LogP contribution in [0.25, 0.3) is 10.8 Å². The van der Waals surface area contributed by atoms with Crippen molar-refractivity contribution < 1.29 is 9.53 Å². The molecule has 1 amide bonds. The first kappa shape index (κ1) is 22.5. The van der Waals surface area contributed by atoms with E-state index in [9.17, 15) is 9.59 Å². The molecule has 0 atom stereocenters. The van der Waals surface area contributed by atoms with Crippen LogP contribution in [0.5, 0.6) is 5.75 Å². The Balaban J connectivity index is 1.57. The molecule has 8 heteroatoms. The van der Waals surface area contributed by atoms with E-state index >= 15 is 0 Å². The second-order valence-corrected chi connectivity index (χ2v) is 8.46. The average Bonchev–Trinajstić information content (AvgIpc) is 2.82. The molecule has 168 valence electrons. The van der Waals surface area contributed by atoms with Gasteiger partial charge >= 0.3 is 0 Å². The summed E-state index contributed by atoms with van der Waals surface area (Å²) in [6.45, 7) is 3.74. The van der Waals surface area contributed by atoms with Crippen LogP contribution in [-0.4, -0.2) is 26.3 Å². The predicted octanol–water partition coefficient (Wildman–Crippen LogP) is 3.97. The zero-order valence-corrected chi connectivity index (χ0v) is 19.0. The van der Waals surface area contributed by atoms with Crippen molar-refractivity contribution in [2.75, 3.05) is 0 Å². The fourth-order valence-electron chi connectivity index (χ4n) is 3.41. The van der Waals surface area contributed by atoms with E-state index in [2.05, 4.69) is 15.4 Å². The van der Waals surface area contributed by atoms with Crippen LogP contribution in [0.4, 0.5) is 0 Å². The maximum absolute atomic E-state index is 13.0. The summed E-state index contributed by atoms with van der Waals surface area (Å²) in [5, 5.41) is 9.24. The van der Waals surface area contributed by atoms with Gasteiger partial charge in [-0.25, -0.2) is 4.68 Å². The Morgan fingerprint density at radius 1 is 1.03 bits per heavy atom. The standard InChI is InChI=1S/C25H23ClN4O3/c1-25(2,33-19-12-10-17(26)11-13-19)24(32)28-15-22-20-8-3-4-9-21(20)23(31)30(29-22)16-18-7-5-6-14-27-18/h3-14H,15-16H2,1-2H3,(H,28,32). The van der Waals surface area contributed by atoms with Gasteiger partial charge in [0, 0.05) is 16.6 Å². The number of carbonyl (C=O) groups is 1. The second-order valence-electron chi connectivity index (χ2n) is 8.03. The molecule has 0 saturated carbocycles. The van der Waals surface area contributed by atoms with Gasteiger partial charge in [0.1, 0.15) is 5.75 Å². The van der Waals surface area contributed by atoms with Crippen LogP contribution in [-0.2, 0) is 17.9 Å². The van der Waals surface area contributed by atoms with E-state index in [1.165, 1.54) is 4.68 Å². The van der Waals surface area contributed by atoms with Crippen LogP contribution in [0.1, 0.15) is 25.2 Å². The molecule has 4 aromatic rings. The van der Waals surface area contributed by atoms with E-state index in [-0.39, 0.29) is 24.6 Å². The summed E-state index contributed by atoms with van der Waals surface area (Å²) in [6, 6.07) is 19.6. The second kappa shape index (κ2) is 9.42. The van der Waals surface area contributed by atoms with Gasteiger partial charge in [-0.3, -0.25) is 14.6 Å². The number of nitrogens with zero attached hydrogens (tertiary/aromatic N) is 3. The maximum Gasteiger partial charge on any atom is 0.275 e. The van der Waals surface area contributed by atoms with Gasteiger partial charge in [0.25, 0.3) is 11.5 Å². The number of hydrogen-bond acceptors (Lipinski definition) is 5. The summed E-state index contributed by atoms with van der Waals surface area (Å²) in [7, 11) is 0. The van der Waals surface area contributed by atoms with Crippen molar-refractivity contribution in [3.8, 4) is 5.75 Å². The maximum atomic E-state index is 13.0. The summed E-state index contributed by atoms with van der Waals surface area (Å²) in [4.78, 5) is 30.2. The number of ether oxygens (including phenoxy) is 1. The highest BCUT2D eigenvalue weighted by Crippen LogP contribution is 2.21. The fourth-order valence-corrected chi connectivity index (χ4v) is 3.53. The van der Waals surface area contributed by atoms with E-state index in [1.807, 2.05) is 30.3 Å². The number of pyridine rings is 1. The number of carbonyl (C=O) groups excluding carboxylic acids is 1. The van der Waals surface area contributed by atoms with Crippen LogP contribution in [0, 0.1) is 0 Å². The topological polar surface area (TPSA) is 86.1 Å². The number of amides is 1. The number of fused-ring (bicyclic) bond motifs is 1. The van der Waals surface area contributed by atoms with Crippen LogP contribution in [0.3, 0.4) is 0 Å². The van der Waals surface area contributed by atoms with Crippen molar-refractivity contribution in [1.82, 2.24) is 20.1 Å². The highest BCUT2D eigenvalue weighted by atomic mass is 35.5. The highest BCUT2D eigenvalue weighted by molar-refractivity contribution is 6.30. The van der Waals surface area contributed by atoms with E-state index < -0.39 is 5.60 Å². The molecule has 0 spiro atoms. The molecule has 2 heterocycles. The van der Waals surface area contributed by atoms with Gasteiger partial charge in [-0.15, -0.1) is 0 Å². The van der Waals surface area contributed by atoms with Gasteiger partial charge in [-0.1, -0.05) is 35.9 Å². The van der Waals surface area contributed by atoms with Crippen LogP contribution in [0.15, 0.2) is 77.7 Å². The third-order valence-electron chi connectivity index (χ3n) is 5.13. The summed E-state index contributed by atoms with van der Waals surface area (Å²) in [6.07, 6.45) is 1.67. The number of nitrogens with one attached hydrogen (secondary N) is 1. The number of hydrogen-bond donors (Lipinski definition) is 1. The molecule has 0 aliphatic rings. The lowest BCUT2D eigenvalue weighted by molar-refractivity contribution is -0.134. The highest BCUT2D eigenvalue weighted by Gasteiger charge is 2.30. The van der Waals surface area contributed by atoms with E-state index in [1.54, 1.807) is 56.4 Å². The molecule has 0 aliphatic heterocycles. The van der Waals surface area contributed by atoms with Crippen LogP contribution in [0.2, 0.25) is 5.02 Å². The first-order valence-corrected chi connectivity index (χ1v) is 10.8. The molecular weight excluding hydrogens is 440 g/mol. The average molecular weight is 463 g/mol. The molecule has 0 unspecified atom stereocenters. The summed E-state index contributed by atoms with van der Waals surface area (Å²) >= 11 is 5.92. The summed E-state index contributed by atoms with van der Waals surface area (Å²) in [5.74, 6) is 0.220. The Morgan fingerprint density at radius 2 is 1.73 bits per heavy atom. The lowest BCUT2D eigenvalue weighted by Crippen LogP contribution is -2.46. The molecule has 0 radical (unpaired) electrons. The molecule has 7 nitrogen and oxygen atoms in total. The number of halogens is 1. The van der Waals surface area contributed by atoms with E-state index in [0.717, 1.165) is 5.69 Å². The molecular formula is C25H23ClN4O3. The van der Waals surface area contributed by atoms with Crippen molar-refractivity contribution in [1.29, 1.82) is 0 Å². The zero-order valence-electron chi connectivity index (χ0n) is 18.3. The van der Waals surface area contributed by atoms with Crippen molar-refractivity contribution >= 4 is 28.3 Å². The molecule has 2 aromatic heterocycles. The van der Waals surface area contributed by atoms with Crippen molar-refractivity contribution in [2.45, 2.75) is 32.5 Å². The van der Waals surface area contributed by atoms with E-state index in [4.69, 9.17) is 16.3 Å². The first-order valence-electron chi connectivity index (χ1n) is 10.4. The Hall–Kier alpha value is -3.71. The van der Waals surface area contributed by atoms with Crippen molar-refractivity contribution in [3.63, 3.8) is 0 Å². The van der Waals surface area contributed by atoms with Crippen molar-refractivity contribution in [3.05, 3.63) is 99.7 Å². The predicted molar refractivity (Wildman–Crippen MR) is 127 cm³/mol. The molecule has 0 saturated heterocycles. The lowest BCUT2D eigenvalue weighted by Gasteiger charge is -2.25. The molecule has 1 N–H and O–H groups in total. The van der Waals surface area contributed by atoms with Gasteiger partial charge in [0.2, 0.25) is 0 Å².